The van der Waals surface area contributed by atoms with Crippen LogP contribution in [-0.4, -0.2) is 21.7 Å². The largest absolute Gasteiger partial charge is 0.508 e. The van der Waals surface area contributed by atoms with Crippen LogP contribution in [0.4, 0.5) is 0 Å². The Morgan fingerprint density at radius 2 is 1.62 bits per heavy atom. The van der Waals surface area contributed by atoms with E-state index in [0.29, 0.717) is 5.75 Å². The summed E-state index contributed by atoms with van der Waals surface area (Å²) in [5.74, 6) is 0.391. The lowest BCUT2D eigenvalue weighted by atomic mass is 10.2. The van der Waals surface area contributed by atoms with E-state index in [0.717, 1.165) is 11.6 Å². The third kappa shape index (κ3) is 4.51. The number of aromatic hydroxyl groups is 1. The lowest BCUT2D eigenvalue weighted by molar-refractivity contribution is 0.467. The van der Waals surface area contributed by atoms with E-state index >= 15 is 0 Å². The molecule has 0 atom stereocenters. The Balaban J connectivity index is 2.77. The number of para-hydroxylation sites is 1. The SMILES string of the molecule is C[Si](C)(C)O[Si](C)(C)Cc1ccccc1O. The molecule has 0 spiro atoms. The van der Waals surface area contributed by atoms with Gasteiger partial charge in [-0.3, -0.25) is 0 Å². The second-order valence-electron chi connectivity index (χ2n) is 5.78. The van der Waals surface area contributed by atoms with Crippen LogP contribution in [0.3, 0.4) is 0 Å². The van der Waals surface area contributed by atoms with Gasteiger partial charge < -0.3 is 9.22 Å². The van der Waals surface area contributed by atoms with Crippen molar-refractivity contribution < 1.29 is 9.22 Å². The number of benzene rings is 1. The Morgan fingerprint density at radius 1 is 1.06 bits per heavy atom. The van der Waals surface area contributed by atoms with E-state index in [-0.39, 0.29) is 0 Å². The maximum Gasteiger partial charge on any atom is 0.177 e. The highest BCUT2D eigenvalue weighted by molar-refractivity contribution is 6.83. The van der Waals surface area contributed by atoms with Crippen molar-refractivity contribution in [3.05, 3.63) is 29.8 Å². The second-order valence-corrected chi connectivity index (χ2v) is 14.7. The molecule has 0 aliphatic heterocycles. The predicted molar refractivity (Wildman–Crippen MR) is 73.7 cm³/mol. The summed E-state index contributed by atoms with van der Waals surface area (Å²) in [7, 11) is -3.19. The molecule has 0 saturated heterocycles. The van der Waals surface area contributed by atoms with Crippen LogP contribution in [0.15, 0.2) is 24.3 Å². The minimum absolute atomic E-state index is 0.391. The molecule has 2 nitrogen and oxygen atoms in total. The Morgan fingerprint density at radius 3 is 2.12 bits per heavy atom. The monoisotopic (exact) mass is 254 g/mol. The molecule has 0 aromatic heterocycles. The lowest BCUT2D eigenvalue weighted by Gasteiger charge is -2.31. The average Bonchev–Trinajstić information content (AvgIpc) is 2.04. The van der Waals surface area contributed by atoms with Crippen molar-refractivity contribution >= 4 is 16.6 Å². The summed E-state index contributed by atoms with van der Waals surface area (Å²) < 4.78 is 6.25. The van der Waals surface area contributed by atoms with E-state index in [1.165, 1.54) is 0 Å². The summed E-state index contributed by atoms with van der Waals surface area (Å²) in [6.07, 6.45) is 0. The van der Waals surface area contributed by atoms with Gasteiger partial charge in [0.05, 0.1) is 0 Å². The summed E-state index contributed by atoms with van der Waals surface area (Å²) in [5.41, 5.74) is 1.01. The molecule has 0 fully saturated rings. The van der Waals surface area contributed by atoms with E-state index < -0.39 is 16.6 Å². The van der Waals surface area contributed by atoms with Crippen molar-refractivity contribution in [1.82, 2.24) is 0 Å². The fraction of sp³-hybridized carbons (Fsp3) is 0.500. The first-order chi connectivity index (χ1) is 7.20. The molecule has 1 N–H and O–H groups in total. The van der Waals surface area contributed by atoms with Crippen LogP contribution in [0.2, 0.25) is 32.7 Å². The molecule has 0 unspecified atom stereocenters. The topological polar surface area (TPSA) is 29.5 Å². The van der Waals surface area contributed by atoms with E-state index in [4.69, 9.17) is 4.12 Å². The zero-order valence-corrected chi connectivity index (χ0v) is 12.9. The average molecular weight is 254 g/mol. The van der Waals surface area contributed by atoms with Gasteiger partial charge in [-0.25, -0.2) is 0 Å². The normalized spacial score (nSPS) is 12.8. The summed E-state index contributed by atoms with van der Waals surface area (Å²) in [6, 6.07) is 8.43. The first kappa shape index (κ1) is 13.5. The highest BCUT2D eigenvalue weighted by Crippen LogP contribution is 2.23. The van der Waals surface area contributed by atoms with Gasteiger partial charge in [0, 0.05) is 0 Å². The van der Waals surface area contributed by atoms with Crippen LogP contribution in [0.5, 0.6) is 5.75 Å². The quantitative estimate of drug-likeness (QED) is 0.833. The molecular weight excluding hydrogens is 232 g/mol. The summed E-state index contributed by atoms with van der Waals surface area (Å²) >= 11 is 0. The third-order valence-electron chi connectivity index (χ3n) is 2.19. The molecule has 4 heteroatoms. The zero-order valence-electron chi connectivity index (χ0n) is 10.9. The van der Waals surface area contributed by atoms with Crippen molar-refractivity contribution in [2.24, 2.45) is 0 Å². The Kier molecular flexibility index (Phi) is 3.99. The first-order valence-corrected chi connectivity index (χ1v) is 12.2. The van der Waals surface area contributed by atoms with Crippen molar-refractivity contribution in [1.29, 1.82) is 0 Å². The van der Waals surface area contributed by atoms with Gasteiger partial charge in [-0.1, -0.05) is 18.2 Å². The molecule has 0 amide bonds. The van der Waals surface area contributed by atoms with Gasteiger partial charge in [0.1, 0.15) is 5.75 Å². The fourth-order valence-corrected chi connectivity index (χ4v) is 10.1. The Hall–Kier alpha value is -0.586. The molecule has 1 rings (SSSR count). The zero-order chi connectivity index (χ0) is 12.4. The van der Waals surface area contributed by atoms with Gasteiger partial charge >= 0.3 is 0 Å². The van der Waals surface area contributed by atoms with E-state index in [1.807, 2.05) is 18.2 Å². The molecular formula is C12H22O2Si2. The van der Waals surface area contributed by atoms with Crippen molar-refractivity contribution in [3.8, 4) is 5.75 Å². The molecule has 1 aromatic carbocycles. The molecule has 0 saturated carbocycles. The van der Waals surface area contributed by atoms with Gasteiger partial charge in [-0.15, -0.1) is 0 Å². The second kappa shape index (κ2) is 4.73. The van der Waals surface area contributed by atoms with E-state index in [2.05, 4.69) is 32.7 Å². The molecule has 90 valence electrons. The van der Waals surface area contributed by atoms with Crippen LogP contribution in [0.1, 0.15) is 5.56 Å². The van der Waals surface area contributed by atoms with Gasteiger partial charge in [0.25, 0.3) is 0 Å². The standard InChI is InChI=1S/C12H22O2Si2/c1-15(2,3)14-16(4,5)10-11-8-6-7-9-12(11)13/h6-9,13H,10H2,1-5H3. The smallest absolute Gasteiger partial charge is 0.177 e. The maximum atomic E-state index is 9.75. The van der Waals surface area contributed by atoms with Crippen LogP contribution < -0.4 is 0 Å². The molecule has 0 radical (unpaired) electrons. The maximum absolute atomic E-state index is 9.75. The van der Waals surface area contributed by atoms with Crippen molar-refractivity contribution in [2.45, 2.75) is 38.8 Å². The minimum Gasteiger partial charge on any atom is -0.508 e. The summed E-state index contributed by atoms with van der Waals surface area (Å²) in [5, 5.41) is 9.75. The molecule has 0 bridgehead atoms. The highest BCUT2D eigenvalue weighted by Gasteiger charge is 2.30. The fourth-order valence-electron chi connectivity index (χ4n) is 1.98. The minimum atomic E-state index is -1.71. The first-order valence-electron chi connectivity index (χ1n) is 5.67. The van der Waals surface area contributed by atoms with Gasteiger partial charge in [-0.05, 0) is 50.4 Å². The highest BCUT2D eigenvalue weighted by atomic mass is 28.4. The molecule has 0 aliphatic carbocycles. The van der Waals surface area contributed by atoms with Gasteiger partial charge in [0.15, 0.2) is 16.6 Å². The summed E-state index contributed by atoms with van der Waals surface area (Å²) in [4.78, 5) is 0. The van der Waals surface area contributed by atoms with Crippen LogP contribution in [0, 0.1) is 0 Å². The van der Waals surface area contributed by atoms with Crippen LogP contribution in [0.25, 0.3) is 0 Å². The Labute approximate surface area is 101 Å². The number of rotatable bonds is 4. The van der Waals surface area contributed by atoms with Crippen LogP contribution in [-0.2, 0) is 10.2 Å². The van der Waals surface area contributed by atoms with E-state index in [1.54, 1.807) is 6.07 Å². The number of phenols is 1. The van der Waals surface area contributed by atoms with Gasteiger partial charge in [0.2, 0.25) is 0 Å². The molecule has 0 heterocycles. The van der Waals surface area contributed by atoms with Crippen LogP contribution >= 0.6 is 0 Å². The number of hydrogen-bond acceptors (Lipinski definition) is 2. The molecule has 16 heavy (non-hydrogen) atoms. The number of hydrogen-bond donors (Lipinski definition) is 1. The third-order valence-corrected chi connectivity index (χ3v) is 8.08. The van der Waals surface area contributed by atoms with E-state index in [9.17, 15) is 5.11 Å². The Bertz CT molecular complexity index is 356. The predicted octanol–water partition coefficient (Wildman–Crippen LogP) is 3.53. The molecule has 1 aromatic rings. The lowest BCUT2D eigenvalue weighted by Crippen LogP contribution is -2.44. The van der Waals surface area contributed by atoms with Gasteiger partial charge in [-0.2, -0.15) is 0 Å². The molecule has 0 aliphatic rings. The number of phenolic OH excluding ortho intramolecular Hbond substituents is 1. The van der Waals surface area contributed by atoms with Crippen molar-refractivity contribution in [2.75, 3.05) is 0 Å². The van der Waals surface area contributed by atoms with Crippen molar-refractivity contribution in [3.63, 3.8) is 0 Å². The summed E-state index contributed by atoms with van der Waals surface area (Å²) in [6.45, 7) is 11.1.